The number of hydrogen-bond acceptors (Lipinski definition) is 16. The van der Waals surface area contributed by atoms with Crippen molar-refractivity contribution in [3.63, 3.8) is 0 Å². The van der Waals surface area contributed by atoms with Crippen molar-refractivity contribution in [2.75, 3.05) is 25.6 Å². The molecule has 0 bridgehead atoms. The van der Waals surface area contributed by atoms with Crippen LogP contribution in [-0.4, -0.2) is 96.9 Å². The molecule has 1 fully saturated rings. The van der Waals surface area contributed by atoms with Gasteiger partial charge < -0.3 is 45.1 Å². The Hall–Kier alpha value is -3.32. The monoisotopic (exact) mass is 1140 g/mol. The van der Waals surface area contributed by atoms with Gasteiger partial charge in [0, 0.05) is 19.0 Å². The third-order valence-corrected chi connectivity index (χ3v) is 16.2. The first-order chi connectivity index (χ1) is 37.5. The maximum Gasteiger partial charge on any atom is 0.481 e. The molecule has 0 aromatic carbocycles. The number of ether oxygens (including phenoxy) is 3. The van der Waals surface area contributed by atoms with E-state index >= 15 is 0 Å². The van der Waals surface area contributed by atoms with Crippen LogP contribution in [0.2, 0.25) is 0 Å². The Morgan fingerprint density at radius 2 is 1.18 bits per heavy atom. The number of hydrogen-bond donors (Lipinski definition) is 6. The molecule has 448 valence electrons. The smallest absolute Gasteiger partial charge is 0.462 e. The normalized spacial score (nSPS) is 19.7. The van der Waals surface area contributed by atoms with Crippen molar-refractivity contribution in [2.24, 2.45) is 5.92 Å². The number of nitrogens with zero attached hydrogens (tertiary/aromatic N) is 2. The number of nitrogen functional groups attached to an aromatic ring is 1. The second-order valence-corrected chi connectivity index (χ2v) is 23.6. The summed E-state index contributed by atoms with van der Waals surface area (Å²) in [6, 6.07) is 1.24. The van der Waals surface area contributed by atoms with E-state index in [9.17, 15) is 48.6 Å². The first kappa shape index (κ1) is 70.8. The molecule has 78 heavy (non-hydrogen) atoms. The van der Waals surface area contributed by atoms with Crippen LogP contribution in [0, 0.1) is 5.92 Å². The number of aliphatic hydroxyl groups excluding tert-OH is 3. The van der Waals surface area contributed by atoms with Gasteiger partial charge in [0.1, 0.15) is 30.7 Å². The first-order valence-corrected chi connectivity index (χ1v) is 32.1. The molecule has 0 aliphatic carbocycles. The van der Waals surface area contributed by atoms with Crippen LogP contribution in [0.15, 0.2) is 65.7 Å². The molecule has 19 nitrogen and oxygen atoms in total. The maximum absolute atomic E-state index is 12.9. The molecular formula is C57H99N3O16P2. The molecule has 2 heterocycles. The maximum atomic E-state index is 12.9. The molecule has 1 aromatic heterocycles. The van der Waals surface area contributed by atoms with Gasteiger partial charge in [0.2, 0.25) is 0 Å². The van der Waals surface area contributed by atoms with E-state index < -0.39 is 83.7 Å². The molecule has 9 atom stereocenters. The predicted octanol–water partition coefficient (Wildman–Crippen LogP) is 12.1. The lowest BCUT2D eigenvalue weighted by atomic mass is 9.99. The Bertz CT molecular complexity index is 2030. The third kappa shape index (κ3) is 35.4. The number of aliphatic hydroxyl groups is 3. The molecule has 1 aliphatic heterocycles. The molecular weight excluding hydrogens is 1040 g/mol. The fraction of sp³-hybridized carbons (Fsp3) is 0.754. The number of unbranched alkanes of at least 4 members (excludes halogenated alkanes) is 18. The average molecular weight is 1140 g/mol. The van der Waals surface area contributed by atoms with Gasteiger partial charge in [-0.3, -0.25) is 23.2 Å². The lowest BCUT2D eigenvalue weighted by molar-refractivity contribution is -0.161. The highest BCUT2D eigenvalue weighted by Crippen LogP contribution is 2.60. The number of anilines is 1. The minimum absolute atomic E-state index is 0.0385. The number of phosphoric ester groups is 2. The van der Waals surface area contributed by atoms with Crippen LogP contribution in [0.3, 0.4) is 0 Å². The van der Waals surface area contributed by atoms with E-state index in [4.69, 9.17) is 29.0 Å². The van der Waals surface area contributed by atoms with Gasteiger partial charge in [-0.15, -0.1) is 0 Å². The summed E-state index contributed by atoms with van der Waals surface area (Å²) in [6.07, 6.45) is 39.9. The zero-order chi connectivity index (χ0) is 57.3. The van der Waals surface area contributed by atoms with Crippen LogP contribution in [0.1, 0.15) is 220 Å². The van der Waals surface area contributed by atoms with Crippen molar-refractivity contribution in [3.05, 3.63) is 71.4 Å². The largest absolute Gasteiger partial charge is 0.481 e. The van der Waals surface area contributed by atoms with E-state index in [1.54, 1.807) is 0 Å². The average Bonchev–Trinajstić information content (AvgIpc) is 3.73. The van der Waals surface area contributed by atoms with E-state index in [2.05, 4.69) is 53.5 Å². The minimum Gasteiger partial charge on any atom is -0.462 e. The van der Waals surface area contributed by atoms with Gasteiger partial charge in [0.05, 0.1) is 19.3 Å². The Balaban J connectivity index is 1.76. The number of esters is 2. The van der Waals surface area contributed by atoms with Gasteiger partial charge in [-0.2, -0.15) is 9.29 Å². The highest BCUT2D eigenvalue weighted by Gasteiger charge is 2.46. The zero-order valence-corrected chi connectivity index (χ0v) is 49.0. The van der Waals surface area contributed by atoms with Gasteiger partial charge >= 0.3 is 33.3 Å². The summed E-state index contributed by atoms with van der Waals surface area (Å²) < 4.78 is 56.9. The first-order valence-electron chi connectivity index (χ1n) is 29.1. The van der Waals surface area contributed by atoms with E-state index in [-0.39, 0.29) is 24.8 Å². The lowest BCUT2D eigenvalue weighted by Crippen LogP contribution is -2.36. The van der Waals surface area contributed by atoms with Crippen LogP contribution in [0.4, 0.5) is 5.82 Å². The van der Waals surface area contributed by atoms with E-state index in [0.717, 1.165) is 74.5 Å². The fourth-order valence-electron chi connectivity index (χ4n) is 8.56. The standard InChI is InChI=1S/C57H99N3O16P2/c1-4-47(3)38-34-30-26-22-18-14-10-8-6-7-9-11-16-20-24-28-32-36-40-52(62)71-44-49(74-53(63)41-37-33-29-25-21-17-13-12-15-19-23-27-31-35-39-48(61)5-2)45-72-77(67,68)76-78(69,70)73-46-50-54(64)55(65)56(75-50)60-43-42-51(58)59-57(60)66/h13,15,17,19,25,27,29,31,42-43,47-50,54-56,61,64-65H,4-12,14,16,18,20-24,26,28,30,32-41,44-46H2,1-3H3,(H,67,68)(H,69,70)(H2,58,59,66)/b17-13-,19-15-,29-25-,31-27-/t47?,48-,49-,50-,54-,55-,56-/m1/s1. The molecule has 1 aromatic rings. The number of nitrogens with two attached hydrogens (primary N) is 1. The van der Waals surface area contributed by atoms with E-state index in [1.807, 2.05) is 25.2 Å². The van der Waals surface area contributed by atoms with Gasteiger partial charge in [-0.1, -0.05) is 191 Å². The Morgan fingerprint density at radius 1 is 0.679 bits per heavy atom. The van der Waals surface area contributed by atoms with Gasteiger partial charge in [0.25, 0.3) is 0 Å². The quantitative estimate of drug-likeness (QED) is 0.0153. The summed E-state index contributed by atoms with van der Waals surface area (Å²) in [4.78, 5) is 62.1. The molecule has 1 aliphatic rings. The Labute approximate surface area is 465 Å². The molecule has 7 N–H and O–H groups in total. The van der Waals surface area contributed by atoms with E-state index in [1.165, 1.54) is 102 Å². The van der Waals surface area contributed by atoms with Crippen LogP contribution < -0.4 is 11.4 Å². The van der Waals surface area contributed by atoms with Crippen molar-refractivity contribution in [1.82, 2.24) is 9.55 Å². The molecule has 3 unspecified atom stereocenters. The molecule has 0 radical (unpaired) electrons. The minimum atomic E-state index is -5.45. The number of carbonyl (C=O) groups is 2. The topological polar surface area (TPSA) is 286 Å². The van der Waals surface area contributed by atoms with E-state index in [0.29, 0.717) is 25.7 Å². The van der Waals surface area contributed by atoms with Crippen molar-refractivity contribution < 1.29 is 71.4 Å². The number of phosphoric acid groups is 2. The highest BCUT2D eigenvalue weighted by atomic mass is 31.3. The lowest BCUT2D eigenvalue weighted by Gasteiger charge is -2.21. The SMILES string of the molecule is CCC(C)CCCCCCCCCCCCCCCCCCCCC(=O)OC[C@H](COP(=O)(O)OP(=O)(O)OC[C@H]1O[C@@H](n2ccc(N)nc2=O)[C@H](O)[C@@H]1O)OC(=O)CCC/C=C\C/C=C\C/C=C\C/C=C\CC[C@H](O)CC. The van der Waals surface area contributed by atoms with Gasteiger partial charge in [-0.05, 0) is 69.8 Å². The van der Waals surface area contributed by atoms with Crippen molar-refractivity contribution in [2.45, 2.75) is 250 Å². The predicted molar refractivity (Wildman–Crippen MR) is 304 cm³/mol. The van der Waals surface area contributed by atoms with Crippen molar-refractivity contribution in [3.8, 4) is 0 Å². The molecule has 0 amide bonds. The number of allylic oxidation sites excluding steroid dienone is 8. The summed E-state index contributed by atoms with van der Waals surface area (Å²) in [6.45, 7) is 4.23. The Kier molecular flexibility index (Phi) is 39.4. The Morgan fingerprint density at radius 3 is 1.72 bits per heavy atom. The number of carbonyl (C=O) groups excluding carboxylic acids is 2. The van der Waals surface area contributed by atoms with Crippen molar-refractivity contribution >= 4 is 33.4 Å². The molecule has 0 spiro atoms. The highest BCUT2D eigenvalue weighted by molar-refractivity contribution is 7.61. The zero-order valence-electron chi connectivity index (χ0n) is 47.2. The summed E-state index contributed by atoms with van der Waals surface area (Å²) in [5.74, 6) is -0.507. The number of rotatable bonds is 48. The summed E-state index contributed by atoms with van der Waals surface area (Å²) in [7, 11) is -10.9. The summed E-state index contributed by atoms with van der Waals surface area (Å²) in [5.41, 5.74) is 4.59. The van der Waals surface area contributed by atoms with Crippen LogP contribution in [0.5, 0.6) is 0 Å². The fourth-order valence-corrected chi connectivity index (χ4v) is 10.7. The molecule has 21 heteroatoms. The molecule has 0 saturated carbocycles. The second kappa shape index (κ2) is 43.4. The molecule has 1 saturated heterocycles. The van der Waals surface area contributed by atoms with Crippen LogP contribution in [0.25, 0.3) is 0 Å². The second-order valence-electron chi connectivity index (χ2n) is 20.5. The third-order valence-electron chi connectivity index (χ3n) is 13.6. The van der Waals surface area contributed by atoms with Crippen LogP contribution >= 0.6 is 15.6 Å². The molecule has 2 rings (SSSR count). The summed E-state index contributed by atoms with van der Waals surface area (Å²) in [5, 5.41) is 30.6. The van der Waals surface area contributed by atoms with Gasteiger partial charge in [-0.25, -0.2) is 13.9 Å². The summed E-state index contributed by atoms with van der Waals surface area (Å²) >= 11 is 0. The number of aromatic nitrogens is 2. The van der Waals surface area contributed by atoms with Crippen molar-refractivity contribution in [1.29, 1.82) is 0 Å². The van der Waals surface area contributed by atoms with Gasteiger partial charge in [0.15, 0.2) is 12.3 Å². The van der Waals surface area contributed by atoms with Crippen LogP contribution in [-0.2, 0) is 46.3 Å².